The van der Waals surface area contributed by atoms with Crippen LogP contribution in [0.15, 0.2) is 66.9 Å². The number of carbonyl (C=O) groups is 2. The van der Waals surface area contributed by atoms with Crippen LogP contribution in [-0.2, 0) is 17.4 Å². The summed E-state index contributed by atoms with van der Waals surface area (Å²) in [5, 5.41) is 2.48. The van der Waals surface area contributed by atoms with Gasteiger partial charge in [-0.15, -0.1) is 0 Å². The number of carbonyl (C=O) groups excluding carboxylic acids is 2. The Kier molecular flexibility index (Phi) is 6.54. The Morgan fingerprint density at radius 3 is 2.48 bits per heavy atom. The Bertz CT molecular complexity index is 1100. The van der Waals surface area contributed by atoms with Crippen LogP contribution < -0.4 is 15.8 Å². The first kappa shape index (κ1) is 21.8. The smallest absolute Gasteiger partial charge is 0.416 e. The molecule has 3 N–H and O–H groups in total. The van der Waals surface area contributed by atoms with Crippen LogP contribution in [0.4, 0.5) is 18.9 Å². The standard InChI is InChI=1S/C22H18F3N3O3/c23-22(24,25)15-4-2-5-16(12-15)28-20(29)8-7-14-3-1-6-17(11-14)31-18-9-10-27-19(13-18)21(26)30/h1-6,9-13H,7-8H2,(H2,26,30)(H,28,29). The number of nitrogens with two attached hydrogens (primary N) is 1. The molecule has 0 unspecified atom stereocenters. The lowest BCUT2D eigenvalue weighted by molar-refractivity contribution is -0.137. The number of pyridine rings is 1. The molecule has 0 aliphatic carbocycles. The molecule has 31 heavy (non-hydrogen) atoms. The number of primary amides is 1. The number of nitrogens with one attached hydrogen (secondary N) is 1. The zero-order chi connectivity index (χ0) is 22.4. The molecule has 9 heteroatoms. The predicted molar refractivity (Wildman–Crippen MR) is 108 cm³/mol. The number of halogens is 3. The third-order valence-corrected chi connectivity index (χ3v) is 4.23. The lowest BCUT2D eigenvalue weighted by atomic mass is 10.1. The van der Waals surface area contributed by atoms with Crippen molar-refractivity contribution in [3.8, 4) is 11.5 Å². The van der Waals surface area contributed by atoms with Gasteiger partial charge in [0.05, 0.1) is 5.56 Å². The minimum Gasteiger partial charge on any atom is -0.457 e. The van der Waals surface area contributed by atoms with Gasteiger partial charge in [-0.3, -0.25) is 14.6 Å². The number of hydrogen-bond acceptors (Lipinski definition) is 4. The first-order valence-corrected chi connectivity index (χ1v) is 9.20. The van der Waals surface area contributed by atoms with Crippen LogP contribution in [0.25, 0.3) is 0 Å². The van der Waals surface area contributed by atoms with Crippen LogP contribution in [0, 0.1) is 0 Å². The van der Waals surface area contributed by atoms with Crippen molar-refractivity contribution in [2.75, 3.05) is 5.32 Å². The van der Waals surface area contributed by atoms with Crippen molar-refractivity contribution >= 4 is 17.5 Å². The van der Waals surface area contributed by atoms with Gasteiger partial charge in [-0.2, -0.15) is 13.2 Å². The highest BCUT2D eigenvalue weighted by atomic mass is 19.4. The number of anilines is 1. The second-order valence-corrected chi connectivity index (χ2v) is 6.62. The molecule has 1 aromatic heterocycles. The van der Waals surface area contributed by atoms with E-state index in [0.717, 1.165) is 17.7 Å². The summed E-state index contributed by atoms with van der Waals surface area (Å²) in [6.07, 6.45) is -2.66. The summed E-state index contributed by atoms with van der Waals surface area (Å²) in [5.74, 6) is -0.225. The fraction of sp³-hybridized carbons (Fsp3) is 0.136. The maximum absolute atomic E-state index is 12.8. The van der Waals surface area contributed by atoms with E-state index in [1.165, 1.54) is 24.4 Å². The van der Waals surface area contributed by atoms with Crippen LogP contribution >= 0.6 is 0 Å². The summed E-state index contributed by atoms with van der Waals surface area (Å²) >= 11 is 0. The number of hydrogen-bond donors (Lipinski definition) is 2. The minimum absolute atomic E-state index is 0.0694. The highest BCUT2D eigenvalue weighted by molar-refractivity contribution is 5.91. The second kappa shape index (κ2) is 9.29. The van der Waals surface area contributed by atoms with E-state index < -0.39 is 23.6 Å². The van der Waals surface area contributed by atoms with Gasteiger partial charge in [-0.25, -0.2) is 0 Å². The SMILES string of the molecule is NC(=O)c1cc(Oc2cccc(CCC(=O)Nc3cccc(C(F)(F)F)c3)c2)ccn1. The van der Waals surface area contributed by atoms with Crippen molar-refractivity contribution in [2.45, 2.75) is 19.0 Å². The summed E-state index contributed by atoms with van der Waals surface area (Å²) in [6, 6.07) is 14.4. The Hall–Kier alpha value is -3.88. The van der Waals surface area contributed by atoms with Crippen molar-refractivity contribution in [3.63, 3.8) is 0 Å². The van der Waals surface area contributed by atoms with E-state index in [4.69, 9.17) is 10.5 Å². The fourth-order valence-corrected chi connectivity index (χ4v) is 2.76. The van der Waals surface area contributed by atoms with Gasteiger partial charge in [0.2, 0.25) is 5.91 Å². The van der Waals surface area contributed by atoms with Gasteiger partial charge in [0.1, 0.15) is 17.2 Å². The monoisotopic (exact) mass is 429 g/mol. The van der Waals surface area contributed by atoms with Gasteiger partial charge in [0.25, 0.3) is 5.91 Å². The maximum Gasteiger partial charge on any atom is 0.416 e. The van der Waals surface area contributed by atoms with E-state index in [9.17, 15) is 22.8 Å². The molecule has 160 valence electrons. The Morgan fingerprint density at radius 2 is 1.74 bits per heavy atom. The summed E-state index contributed by atoms with van der Waals surface area (Å²) in [6.45, 7) is 0. The molecule has 0 atom stereocenters. The van der Waals surface area contributed by atoms with E-state index in [1.807, 2.05) is 0 Å². The molecular formula is C22H18F3N3O3. The van der Waals surface area contributed by atoms with Crippen LogP contribution in [0.3, 0.4) is 0 Å². The maximum atomic E-state index is 12.8. The van der Waals surface area contributed by atoms with E-state index in [2.05, 4.69) is 10.3 Å². The third-order valence-electron chi connectivity index (χ3n) is 4.23. The Balaban J connectivity index is 1.59. The van der Waals surface area contributed by atoms with E-state index in [-0.39, 0.29) is 17.8 Å². The van der Waals surface area contributed by atoms with Crippen molar-refractivity contribution in [1.82, 2.24) is 4.98 Å². The fourth-order valence-electron chi connectivity index (χ4n) is 2.76. The van der Waals surface area contributed by atoms with E-state index in [0.29, 0.717) is 17.9 Å². The lowest BCUT2D eigenvalue weighted by Gasteiger charge is -2.10. The molecule has 1 heterocycles. The molecule has 0 aliphatic rings. The summed E-state index contributed by atoms with van der Waals surface area (Å²) in [7, 11) is 0. The van der Waals surface area contributed by atoms with Gasteiger partial charge in [-0.05, 0) is 48.4 Å². The topological polar surface area (TPSA) is 94.3 Å². The van der Waals surface area contributed by atoms with Gasteiger partial charge in [0.15, 0.2) is 0 Å². The molecule has 0 radical (unpaired) electrons. The van der Waals surface area contributed by atoms with Crippen LogP contribution in [0.2, 0.25) is 0 Å². The number of alkyl halides is 3. The molecule has 6 nitrogen and oxygen atoms in total. The lowest BCUT2D eigenvalue weighted by Crippen LogP contribution is -2.13. The van der Waals surface area contributed by atoms with Gasteiger partial charge in [0, 0.05) is 24.4 Å². The van der Waals surface area contributed by atoms with Gasteiger partial charge < -0.3 is 15.8 Å². The molecule has 0 bridgehead atoms. The molecule has 2 aromatic carbocycles. The van der Waals surface area contributed by atoms with Crippen molar-refractivity contribution in [2.24, 2.45) is 5.73 Å². The third kappa shape index (κ3) is 6.30. The summed E-state index contributed by atoms with van der Waals surface area (Å²) in [4.78, 5) is 27.2. The number of aryl methyl sites for hydroxylation is 1. The number of nitrogens with zero attached hydrogens (tertiary/aromatic N) is 1. The minimum atomic E-state index is -4.48. The number of aromatic nitrogens is 1. The normalized spacial score (nSPS) is 11.1. The number of amides is 2. The molecule has 0 saturated heterocycles. The number of rotatable bonds is 7. The van der Waals surface area contributed by atoms with Crippen LogP contribution in [0.5, 0.6) is 11.5 Å². The van der Waals surface area contributed by atoms with Crippen LogP contribution in [0.1, 0.15) is 28.0 Å². The average molecular weight is 429 g/mol. The zero-order valence-corrected chi connectivity index (χ0v) is 16.1. The zero-order valence-electron chi connectivity index (χ0n) is 16.1. The molecular weight excluding hydrogens is 411 g/mol. The van der Waals surface area contributed by atoms with E-state index in [1.54, 1.807) is 30.3 Å². The van der Waals surface area contributed by atoms with Crippen LogP contribution in [-0.4, -0.2) is 16.8 Å². The summed E-state index contributed by atoms with van der Waals surface area (Å²) < 4.78 is 44.0. The van der Waals surface area contributed by atoms with E-state index >= 15 is 0 Å². The first-order chi connectivity index (χ1) is 14.7. The molecule has 3 rings (SSSR count). The Labute approximate surface area is 175 Å². The summed E-state index contributed by atoms with van der Waals surface area (Å²) in [5.41, 5.74) is 5.32. The molecule has 0 fully saturated rings. The molecule has 0 saturated carbocycles. The first-order valence-electron chi connectivity index (χ1n) is 9.20. The van der Waals surface area contributed by atoms with Crippen molar-refractivity contribution in [3.05, 3.63) is 83.7 Å². The Morgan fingerprint density at radius 1 is 1.00 bits per heavy atom. The second-order valence-electron chi connectivity index (χ2n) is 6.62. The van der Waals surface area contributed by atoms with Crippen molar-refractivity contribution < 1.29 is 27.5 Å². The molecule has 0 aliphatic heterocycles. The number of benzene rings is 2. The van der Waals surface area contributed by atoms with Gasteiger partial charge in [-0.1, -0.05) is 18.2 Å². The molecule has 3 aromatic rings. The highest BCUT2D eigenvalue weighted by Gasteiger charge is 2.30. The quantitative estimate of drug-likeness (QED) is 0.576. The largest absolute Gasteiger partial charge is 0.457 e. The molecule has 2 amide bonds. The molecule has 0 spiro atoms. The average Bonchev–Trinajstić information content (AvgIpc) is 2.72. The van der Waals surface area contributed by atoms with Crippen molar-refractivity contribution in [1.29, 1.82) is 0 Å². The predicted octanol–water partition coefficient (Wildman–Crippen LogP) is 4.56. The highest BCUT2D eigenvalue weighted by Crippen LogP contribution is 2.30. The van der Waals surface area contributed by atoms with Gasteiger partial charge >= 0.3 is 6.18 Å². The number of ether oxygens (including phenoxy) is 1.